The molecule has 2 aromatic rings. The molecular formula is C14H13NO2. The van der Waals surface area contributed by atoms with Crippen LogP contribution < -0.4 is 5.56 Å². The Morgan fingerprint density at radius 1 is 1.24 bits per heavy atom. The Bertz CT molecular complexity index is 667. The summed E-state index contributed by atoms with van der Waals surface area (Å²) in [4.78, 5) is 12.0. The molecule has 0 N–H and O–H groups in total. The van der Waals surface area contributed by atoms with E-state index >= 15 is 0 Å². The van der Waals surface area contributed by atoms with E-state index in [9.17, 15) is 4.79 Å². The zero-order valence-corrected chi connectivity index (χ0v) is 9.64. The highest BCUT2D eigenvalue weighted by Crippen LogP contribution is 2.27. The van der Waals surface area contributed by atoms with Gasteiger partial charge in [-0.1, -0.05) is 18.2 Å². The van der Waals surface area contributed by atoms with E-state index in [4.69, 9.17) is 4.74 Å². The molecule has 0 saturated carbocycles. The van der Waals surface area contributed by atoms with E-state index < -0.39 is 0 Å². The van der Waals surface area contributed by atoms with Crippen LogP contribution >= 0.6 is 0 Å². The molecule has 0 unspecified atom stereocenters. The van der Waals surface area contributed by atoms with Gasteiger partial charge in [-0.25, -0.2) is 0 Å². The first kappa shape index (κ1) is 10.1. The van der Waals surface area contributed by atoms with Gasteiger partial charge in [0.15, 0.2) is 0 Å². The van der Waals surface area contributed by atoms with E-state index in [2.05, 4.69) is 6.08 Å². The fraction of sp³-hybridized carbons (Fsp3) is 0.214. The summed E-state index contributed by atoms with van der Waals surface area (Å²) in [6.45, 7) is 0.729. The van der Waals surface area contributed by atoms with Gasteiger partial charge in [-0.05, 0) is 17.5 Å². The van der Waals surface area contributed by atoms with E-state index in [1.165, 1.54) is 0 Å². The van der Waals surface area contributed by atoms with Crippen LogP contribution in [0.4, 0.5) is 0 Å². The van der Waals surface area contributed by atoms with Gasteiger partial charge in [0.05, 0.1) is 6.61 Å². The second-order valence-electron chi connectivity index (χ2n) is 4.21. The minimum absolute atomic E-state index is 0.0305. The average molecular weight is 227 g/mol. The standard InChI is InChI=1S/C14H13NO2/c1-15-9-12(13-7-4-8-17-13)10-5-2-3-6-11(10)14(15)16/h2-3,5-7,9H,4,8H2,1H3. The molecule has 3 nitrogen and oxygen atoms in total. The molecule has 0 radical (unpaired) electrons. The molecule has 3 heteroatoms. The predicted octanol–water partition coefficient (Wildman–Crippen LogP) is 2.30. The zero-order valence-electron chi connectivity index (χ0n) is 9.64. The summed E-state index contributed by atoms with van der Waals surface area (Å²) >= 11 is 0. The van der Waals surface area contributed by atoms with Gasteiger partial charge >= 0.3 is 0 Å². The van der Waals surface area contributed by atoms with Crippen LogP contribution in [0, 0.1) is 0 Å². The van der Waals surface area contributed by atoms with Crippen LogP contribution in [0.25, 0.3) is 16.5 Å². The third-order valence-electron chi connectivity index (χ3n) is 3.06. The Morgan fingerprint density at radius 2 is 2.00 bits per heavy atom. The van der Waals surface area contributed by atoms with Crippen molar-refractivity contribution < 1.29 is 4.74 Å². The van der Waals surface area contributed by atoms with Gasteiger partial charge in [-0.2, -0.15) is 0 Å². The van der Waals surface area contributed by atoms with Crippen molar-refractivity contribution in [2.45, 2.75) is 6.42 Å². The van der Waals surface area contributed by atoms with Gasteiger partial charge in [0.1, 0.15) is 5.76 Å². The van der Waals surface area contributed by atoms with Crippen LogP contribution in [-0.4, -0.2) is 11.2 Å². The number of hydrogen-bond donors (Lipinski definition) is 0. The van der Waals surface area contributed by atoms with E-state index in [0.717, 1.165) is 35.1 Å². The summed E-state index contributed by atoms with van der Waals surface area (Å²) in [6.07, 6.45) is 4.86. The Balaban J connectivity index is 2.38. The number of pyridine rings is 1. The molecule has 0 bridgehead atoms. The summed E-state index contributed by atoms with van der Waals surface area (Å²) in [5, 5.41) is 1.70. The molecular weight excluding hydrogens is 214 g/mol. The fourth-order valence-electron chi connectivity index (χ4n) is 2.22. The second-order valence-corrected chi connectivity index (χ2v) is 4.21. The van der Waals surface area contributed by atoms with E-state index in [1.807, 2.05) is 30.5 Å². The SMILES string of the molecule is Cn1cc(C2=CCCO2)c2ccccc2c1=O. The molecule has 3 rings (SSSR count). The molecule has 1 aliphatic rings. The molecule has 0 amide bonds. The highest BCUT2D eigenvalue weighted by Gasteiger charge is 2.14. The monoisotopic (exact) mass is 227 g/mol. The van der Waals surface area contributed by atoms with Crippen LogP contribution in [0.3, 0.4) is 0 Å². The number of rotatable bonds is 1. The van der Waals surface area contributed by atoms with Crippen molar-refractivity contribution in [1.82, 2.24) is 4.57 Å². The molecule has 0 saturated heterocycles. The topological polar surface area (TPSA) is 31.2 Å². The maximum absolute atomic E-state index is 12.0. The molecule has 0 aliphatic carbocycles. The molecule has 2 heterocycles. The Labute approximate surface area is 98.9 Å². The zero-order chi connectivity index (χ0) is 11.8. The molecule has 1 aliphatic heterocycles. The van der Waals surface area contributed by atoms with Crippen LogP contribution in [0.2, 0.25) is 0 Å². The van der Waals surface area contributed by atoms with Gasteiger partial charge in [0.2, 0.25) is 0 Å². The van der Waals surface area contributed by atoms with Crippen LogP contribution in [0.1, 0.15) is 12.0 Å². The third kappa shape index (κ3) is 1.55. The van der Waals surface area contributed by atoms with Crippen LogP contribution in [0.5, 0.6) is 0 Å². The van der Waals surface area contributed by atoms with Gasteiger partial charge in [0.25, 0.3) is 5.56 Å². The maximum atomic E-state index is 12.0. The van der Waals surface area contributed by atoms with Crippen LogP contribution in [0.15, 0.2) is 41.3 Å². The Hall–Kier alpha value is -2.03. The van der Waals surface area contributed by atoms with Crippen molar-refractivity contribution in [3.05, 3.63) is 52.5 Å². The average Bonchev–Trinajstić information content (AvgIpc) is 2.87. The molecule has 86 valence electrons. The molecule has 1 aromatic heterocycles. The van der Waals surface area contributed by atoms with Gasteiger partial charge in [0, 0.05) is 30.6 Å². The van der Waals surface area contributed by atoms with Gasteiger partial charge < -0.3 is 9.30 Å². The van der Waals surface area contributed by atoms with E-state index in [1.54, 1.807) is 11.6 Å². The lowest BCUT2D eigenvalue weighted by Crippen LogP contribution is -2.17. The van der Waals surface area contributed by atoms with Gasteiger partial charge in [-0.15, -0.1) is 0 Å². The Morgan fingerprint density at radius 3 is 2.71 bits per heavy atom. The van der Waals surface area contributed by atoms with Crippen molar-refractivity contribution in [1.29, 1.82) is 0 Å². The van der Waals surface area contributed by atoms with Crippen molar-refractivity contribution in [3.63, 3.8) is 0 Å². The van der Waals surface area contributed by atoms with Crippen molar-refractivity contribution >= 4 is 16.5 Å². The number of benzene rings is 1. The lowest BCUT2D eigenvalue weighted by molar-refractivity contribution is 0.307. The summed E-state index contributed by atoms with van der Waals surface area (Å²) in [7, 11) is 1.77. The minimum atomic E-state index is 0.0305. The molecule has 17 heavy (non-hydrogen) atoms. The summed E-state index contributed by atoms with van der Waals surface area (Å²) in [5.41, 5.74) is 1.03. The van der Waals surface area contributed by atoms with Crippen LogP contribution in [-0.2, 0) is 11.8 Å². The lowest BCUT2D eigenvalue weighted by atomic mass is 10.1. The number of aromatic nitrogens is 1. The number of fused-ring (bicyclic) bond motifs is 1. The fourth-order valence-corrected chi connectivity index (χ4v) is 2.22. The molecule has 1 aromatic carbocycles. The summed E-state index contributed by atoms with van der Waals surface area (Å²) in [5.74, 6) is 0.886. The van der Waals surface area contributed by atoms with Crippen molar-refractivity contribution in [2.24, 2.45) is 7.05 Å². The quantitative estimate of drug-likeness (QED) is 0.748. The Kier molecular flexibility index (Phi) is 2.25. The first-order chi connectivity index (χ1) is 8.27. The lowest BCUT2D eigenvalue weighted by Gasteiger charge is -2.10. The largest absolute Gasteiger partial charge is 0.493 e. The number of aryl methyl sites for hydroxylation is 1. The molecule has 0 fully saturated rings. The summed E-state index contributed by atoms with van der Waals surface area (Å²) in [6, 6.07) is 7.66. The van der Waals surface area contributed by atoms with Crippen molar-refractivity contribution in [3.8, 4) is 0 Å². The summed E-state index contributed by atoms with van der Waals surface area (Å²) < 4.78 is 7.20. The van der Waals surface area contributed by atoms with E-state index in [0.29, 0.717) is 0 Å². The first-order valence-corrected chi connectivity index (χ1v) is 5.69. The van der Waals surface area contributed by atoms with E-state index in [-0.39, 0.29) is 5.56 Å². The number of nitrogens with zero attached hydrogens (tertiary/aromatic N) is 1. The first-order valence-electron chi connectivity index (χ1n) is 5.69. The van der Waals surface area contributed by atoms with Crippen molar-refractivity contribution in [2.75, 3.05) is 6.61 Å². The molecule has 0 atom stereocenters. The predicted molar refractivity (Wildman–Crippen MR) is 67.7 cm³/mol. The molecule has 0 spiro atoms. The highest BCUT2D eigenvalue weighted by atomic mass is 16.5. The number of hydrogen-bond acceptors (Lipinski definition) is 2. The third-order valence-corrected chi connectivity index (χ3v) is 3.06. The minimum Gasteiger partial charge on any atom is -0.493 e. The van der Waals surface area contributed by atoms with Gasteiger partial charge in [-0.3, -0.25) is 4.79 Å². The number of ether oxygens (including phenoxy) is 1. The normalized spacial score (nSPS) is 14.8. The smallest absolute Gasteiger partial charge is 0.258 e. The maximum Gasteiger partial charge on any atom is 0.258 e. The second kappa shape index (κ2) is 3.77. The highest BCUT2D eigenvalue weighted by molar-refractivity contribution is 5.91.